The van der Waals surface area contributed by atoms with E-state index in [-0.39, 0.29) is 11.3 Å². The maximum atomic E-state index is 13.2. The van der Waals surface area contributed by atoms with E-state index in [1.165, 1.54) is 22.3 Å². The summed E-state index contributed by atoms with van der Waals surface area (Å²) in [6, 6.07) is 23.2. The third kappa shape index (κ3) is 4.44. The van der Waals surface area contributed by atoms with Crippen LogP contribution in [0.3, 0.4) is 0 Å². The Morgan fingerprint density at radius 2 is 1.60 bits per heavy atom. The molecule has 0 N–H and O–H groups in total. The van der Waals surface area contributed by atoms with Crippen LogP contribution in [0.4, 0.5) is 0 Å². The zero-order valence-electron chi connectivity index (χ0n) is 17.8. The molecule has 0 spiro atoms. The van der Waals surface area contributed by atoms with Gasteiger partial charge in [-0.1, -0.05) is 54.6 Å². The predicted octanol–water partition coefficient (Wildman–Crippen LogP) is 4.27. The van der Waals surface area contributed by atoms with Gasteiger partial charge in [-0.05, 0) is 53.8 Å². The zero-order chi connectivity index (χ0) is 21.0. The van der Waals surface area contributed by atoms with E-state index in [9.17, 15) is 4.79 Å². The summed E-state index contributed by atoms with van der Waals surface area (Å²) in [6.07, 6.45) is 5.32. The summed E-state index contributed by atoms with van der Waals surface area (Å²) in [4.78, 5) is 21.5. The smallest absolute Gasteiger partial charge is 0.229 e. The van der Waals surface area contributed by atoms with Gasteiger partial charge in [0.05, 0.1) is 5.41 Å². The van der Waals surface area contributed by atoms with Gasteiger partial charge in [0, 0.05) is 39.6 Å². The minimum Gasteiger partial charge on any atom is -0.348 e. The molecule has 2 aromatic carbocycles. The fourth-order valence-corrected chi connectivity index (χ4v) is 4.54. The number of hydrogen-bond acceptors (Lipinski definition) is 3. The number of likely N-dealkylation sites (tertiary alicyclic amines) is 1. The van der Waals surface area contributed by atoms with Gasteiger partial charge in [0.15, 0.2) is 0 Å². The van der Waals surface area contributed by atoms with E-state index >= 15 is 0 Å². The van der Waals surface area contributed by atoms with Crippen LogP contribution in [0.25, 0.3) is 11.1 Å². The number of carbonyl (C=O) groups excluding carboxylic acids is 1. The van der Waals surface area contributed by atoms with Crippen LogP contribution in [0.15, 0.2) is 79.1 Å². The van der Waals surface area contributed by atoms with E-state index < -0.39 is 0 Å². The van der Waals surface area contributed by atoms with E-state index in [1.807, 2.05) is 32.6 Å². The maximum Gasteiger partial charge on any atom is 0.229 e. The molecular weight excluding hydrogens is 370 g/mol. The maximum absolute atomic E-state index is 13.2. The topological polar surface area (TPSA) is 36.4 Å². The van der Waals surface area contributed by atoms with Gasteiger partial charge in [0.1, 0.15) is 0 Å². The molecular formula is C26H29N3O. The second-order valence-corrected chi connectivity index (χ2v) is 8.54. The van der Waals surface area contributed by atoms with Crippen molar-refractivity contribution >= 4 is 5.91 Å². The van der Waals surface area contributed by atoms with Crippen molar-refractivity contribution in [2.24, 2.45) is 5.41 Å². The number of pyridine rings is 1. The molecule has 1 amide bonds. The van der Waals surface area contributed by atoms with Crippen LogP contribution in [0.2, 0.25) is 0 Å². The number of rotatable bonds is 6. The Labute approximate surface area is 179 Å². The van der Waals surface area contributed by atoms with Crippen molar-refractivity contribution in [1.29, 1.82) is 0 Å². The molecule has 1 atom stereocenters. The number of amides is 1. The van der Waals surface area contributed by atoms with E-state index in [1.54, 1.807) is 4.90 Å². The van der Waals surface area contributed by atoms with Gasteiger partial charge in [-0.3, -0.25) is 14.7 Å². The van der Waals surface area contributed by atoms with Crippen LogP contribution >= 0.6 is 0 Å². The molecule has 1 aliphatic heterocycles. The summed E-state index contributed by atoms with van der Waals surface area (Å²) in [5.41, 5.74) is 4.51. The van der Waals surface area contributed by atoms with Crippen molar-refractivity contribution in [3.05, 3.63) is 90.3 Å². The molecule has 3 aromatic rings. The highest BCUT2D eigenvalue weighted by atomic mass is 16.2. The summed E-state index contributed by atoms with van der Waals surface area (Å²) in [7, 11) is 3.74. The summed E-state index contributed by atoms with van der Waals surface area (Å²) in [5, 5.41) is 0. The Morgan fingerprint density at radius 3 is 2.27 bits per heavy atom. The highest BCUT2D eigenvalue weighted by Crippen LogP contribution is 2.37. The Hall–Kier alpha value is -2.98. The van der Waals surface area contributed by atoms with E-state index in [0.29, 0.717) is 0 Å². The third-order valence-corrected chi connectivity index (χ3v) is 6.05. The molecule has 4 heteroatoms. The molecule has 1 unspecified atom stereocenters. The molecule has 1 aromatic heterocycles. The van der Waals surface area contributed by atoms with Gasteiger partial charge in [-0.2, -0.15) is 0 Å². The average molecular weight is 400 g/mol. The van der Waals surface area contributed by atoms with Crippen LogP contribution in [-0.2, 0) is 17.8 Å². The van der Waals surface area contributed by atoms with E-state index in [4.69, 9.17) is 0 Å². The summed E-state index contributed by atoms with van der Waals surface area (Å²) >= 11 is 0. The second kappa shape index (κ2) is 8.80. The molecule has 1 aliphatic rings. The van der Waals surface area contributed by atoms with Crippen LogP contribution < -0.4 is 0 Å². The molecule has 0 aliphatic carbocycles. The third-order valence-electron chi connectivity index (χ3n) is 6.05. The predicted molar refractivity (Wildman–Crippen MR) is 121 cm³/mol. The highest BCUT2D eigenvalue weighted by Gasteiger charge is 2.45. The second-order valence-electron chi connectivity index (χ2n) is 8.54. The Bertz CT molecular complexity index is 970. The van der Waals surface area contributed by atoms with Crippen LogP contribution in [0.5, 0.6) is 0 Å². The molecule has 1 saturated heterocycles. The van der Waals surface area contributed by atoms with Crippen molar-refractivity contribution in [3.8, 4) is 11.1 Å². The standard InChI is InChI=1S/C26H29N3O/c1-28(2)25(30)26(14-17-29(20-26)19-22-12-15-27-16-13-22)18-21-8-10-24(11-9-21)23-6-4-3-5-7-23/h3-13,15-16H,14,17-20H2,1-2H3. The molecule has 1 fully saturated rings. The normalized spacial score (nSPS) is 19.0. The van der Waals surface area contributed by atoms with Crippen LogP contribution in [-0.4, -0.2) is 47.9 Å². The average Bonchev–Trinajstić information content (AvgIpc) is 3.18. The Kier molecular flexibility index (Phi) is 5.96. The number of benzene rings is 2. The molecule has 0 saturated carbocycles. The SMILES string of the molecule is CN(C)C(=O)C1(Cc2ccc(-c3ccccc3)cc2)CCN(Cc2ccncc2)C1. The molecule has 30 heavy (non-hydrogen) atoms. The zero-order valence-corrected chi connectivity index (χ0v) is 17.8. The number of nitrogens with zero attached hydrogens (tertiary/aromatic N) is 3. The van der Waals surface area contributed by atoms with Crippen molar-refractivity contribution in [3.63, 3.8) is 0 Å². The molecule has 2 heterocycles. The molecule has 4 nitrogen and oxygen atoms in total. The van der Waals surface area contributed by atoms with Gasteiger partial charge in [-0.15, -0.1) is 0 Å². The monoisotopic (exact) mass is 399 g/mol. The van der Waals surface area contributed by atoms with Gasteiger partial charge < -0.3 is 4.90 Å². The first kappa shape index (κ1) is 20.3. The van der Waals surface area contributed by atoms with Crippen molar-refractivity contribution in [2.45, 2.75) is 19.4 Å². The van der Waals surface area contributed by atoms with Gasteiger partial charge in [0.2, 0.25) is 5.91 Å². The molecule has 0 bridgehead atoms. The van der Waals surface area contributed by atoms with Crippen LogP contribution in [0.1, 0.15) is 17.5 Å². The molecule has 0 radical (unpaired) electrons. The first-order chi connectivity index (χ1) is 14.6. The fourth-order valence-electron chi connectivity index (χ4n) is 4.54. The number of hydrogen-bond donors (Lipinski definition) is 0. The quantitative estimate of drug-likeness (QED) is 0.621. The lowest BCUT2D eigenvalue weighted by Crippen LogP contribution is -2.43. The minimum atomic E-state index is -0.370. The summed E-state index contributed by atoms with van der Waals surface area (Å²) in [6.45, 7) is 2.58. The van der Waals surface area contributed by atoms with Gasteiger partial charge in [0.25, 0.3) is 0 Å². The lowest BCUT2D eigenvalue weighted by Gasteiger charge is -2.31. The van der Waals surface area contributed by atoms with E-state index in [0.717, 1.165) is 32.5 Å². The highest BCUT2D eigenvalue weighted by molar-refractivity contribution is 5.83. The summed E-state index contributed by atoms with van der Waals surface area (Å²) < 4.78 is 0. The first-order valence-electron chi connectivity index (χ1n) is 10.5. The lowest BCUT2D eigenvalue weighted by molar-refractivity contribution is -0.138. The minimum absolute atomic E-state index is 0.229. The molecule has 4 rings (SSSR count). The molecule has 154 valence electrons. The number of aromatic nitrogens is 1. The van der Waals surface area contributed by atoms with Crippen molar-refractivity contribution < 1.29 is 4.79 Å². The van der Waals surface area contributed by atoms with Crippen LogP contribution in [0, 0.1) is 5.41 Å². The van der Waals surface area contributed by atoms with Crippen molar-refractivity contribution in [2.75, 3.05) is 27.2 Å². The van der Waals surface area contributed by atoms with Crippen molar-refractivity contribution in [1.82, 2.24) is 14.8 Å². The van der Waals surface area contributed by atoms with Gasteiger partial charge >= 0.3 is 0 Å². The first-order valence-corrected chi connectivity index (χ1v) is 10.5. The van der Waals surface area contributed by atoms with Gasteiger partial charge in [-0.25, -0.2) is 0 Å². The summed E-state index contributed by atoms with van der Waals surface area (Å²) in [5.74, 6) is 0.229. The lowest BCUT2D eigenvalue weighted by atomic mass is 9.79. The Balaban J connectivity index is 1.52. The largest absolute Gasteiger partial charge is 0.348 e. The number of carbonyl (C=O) groups is 1. The van der Waals surface area contributed by atoms with E-state index in [2.05, 4.69) is 70.5 Å². The Morgan fingerprint density at radius 1 is 0.933 bits per heavy atom. The fraction of sp³-hybridized carbons (Fsp3) is 0.308.